The monoisotopic (exact) mass is 322 g/mol. The first kappa shape index (κ1) is 13.4. The molecule has 1 heterocycles. The van der Waals surface area contributed by atoms with Crippen molar-refractivity contribution in [2.24, 2.45) is 0 Å². The number of pyridine rings is 1. The van der Waals surface area contributed by atoms with Gasteiger partial charge in [0.25, 0.3) is 0 Å². The van der Waals surface area contributed by atoms with Crippen molar-refractivity contribution in [3.8, 4) is 5.75 Å². The molecule has 0 unspecified atom stereocenters. The number of hydrogen-bond acceptors (Lipinski definition) is 4. The molecule has 0 saturated heterocycles. The molecule has 0 spiro atoms. The Morgan fingerprint density at radius 1 is 1.42 bits per heavy atom. The number of methoxy groups -OCH3 is 1. The van der Waals surface area contributed by atoms with E-state index in [2.05, 4.69) is 26.2 Å². The molecule has 0 amide bonds. The molecule has 6 heteroatoms. The van der Waals surface area contributed by atoms with Crippen LogP contribution in [-0.4, -0.2) is 23.2 Å². The average Bonchev–Trinajstić information content (AvgIpc) is 2.38. The molecular weight excluding hydrogens is 312 g/mol. The normalized spacial score (nSPS) is 10.0. The summed E-state index contributed by atoms with van der Waals surface area (Å²) in [5, 5.41) is 12.1. The van der Waals surface area contributed by atoms with Crippen LogP contribution in [0, 0.1) is 0 Å². The zero-order chi connectivity index (χ0) is 13.8. The number of hydrogen-bond donors (Lipinski definition) is 2. The van der Waals surface area contributed by atoms with E-state index in [0.717, 1.165) is 4.47 Å². The van der Waals surface area contributed by atoms with Gasteiger partial charge in [-0.3, -0.25) is 4.98 Å². The highest BCUT2D eigenvalue weighted by Gasteiger charge is 2.10. The van der Waals surface area contributed by atoms with E-state index in [1.807, 2.05) is 12.1 Å². The van der Waals surface area contributed by atoms with Crippen molar-refractivity contribution in [1.82, 2.24) is 4.98 Å². The molecule has 0 radical (unpaired) electrons. The Hall–Kier alpha value is -2.08. The number of aromatic nitrogens is 1. The summed E-state index contributed by atoms with van der Waals surface area (Å²) >= 11 is 3.36. The molecule has 2 aromatic rings. The Morgan fingerprint density at radius 2 is 2.21 bits per heavy atom. The van der Waals surface area contributed by atoms with Crippen LogP contribution in [0.3, 0.4) is 0 Å². The zero-order valence-corrected chi connectivity index (χ0v) is 11.6. The molecule has 2 N–H and O–H groups in total. The van der Waals surface area contributed by atoms with Crippen LogP contribution < -0.4 is 10.1 Å². The fourth-order valence-electron chi connectivity index (χ4n) is 1.59. The lowest BCUT2D eigenvalue weighted by Crippen LogP contribution is -2.03. The van der Waals surface area contributed by atoms with Crippen LogP contribution >= 0.6 is 15.9 Å². The van der Waals surface area contributed by atoms with E-state index in [1.54, 1.807) is 13.2 Å². The van der Waals surface area contributed by atoms with E-state index in [4.69, 9.17) is 9.84 Å². The van der Waals surface area contributed by atoms with Crippen molar-refractivity contribution < 1.29 is 14.6 Å². The first-order valence-corrected chi connectivity index (χ1v) is 6.18. The Kier molecular flexibility index (Phi) is 4.01. The van der Waals surface area contributed by atoms with E-state index in [1.165, 1.54) is 18.5 Å². The number of carboxylic acid groups (broad SMARTS) is 1. The standard InChI is InChI=1S/C13H11BrN2O3/c1-19-10-5-8(14)4-9(6-10)16-12-7-15-3-2-11(12)13(17)18/h2-7,16H,1H3,(H,17,18). The van der Waals surface area contributed by atoms with Crippen LogP contribution in [0.15, 0.2) is 41.1 Å². The van der Waals surface area contributed by atoms with Gasteiger partial charge in [0.2, 0.25) is 0 Å². The Labute approximate surface area is 118 Å². The number of anilines is 2. The van der Waals surface area contributed by atoms with Gasteiger partial charge in [0.15, 0.2) is 0 Å². The predicted molar refractivity (Wildman–Crippen MR) is 75.2 cm³/mol. The molecular formula is C13H11BrN2O3. The van der Waals surface area contributed by atoms with Crippen LogP contribution in [0.4, 0.5) is 11.4 Å². The first-order chi connectivity index (χ1) is 9.10. The molecule has 1 aromatic heterocycles. The van der Waals surface area contributed by atoms with Crippen LogP contribution in [0.5, 0.6) is 5.75 Å². The molecule has 0 saturated carbocycles. The van der Waals surface area contributed by atoms with E-state index in [9.17, 15) is 4.79 Å². The maximum atomic E-state index is 11.1. The van der Waals surface area contributed by atoms with Crippen LogP contribution in [-0.2, 0) is 0 Å². The summed E-state index contributed by atoms with van der Waals surface area (Å²) < 4.78 is 5.98. The highest BCUT2D eigenvalue weighted by Crippen LogP contribution is 2.27. The van der Waals surface area contributed by atoms with Gasteiger partial charge in [0.1, 0.15) is 5.75 Å². The smallest absolute Gasteiger partial charge is 0.337 e. The summed E-state index contributed by atoms with van der Waals surface area (Å²) in [5.41, 5.74) is 1.30. The van der Waals surface area contributed by atoms with Crippen molar-refractivity contribution in [1.29, 1.82) is 0 Å². The SMILES string of the molecule is COc1cc(Br)cc(Nc2cnccc2C(=O)O)c1. The van der Waals surface area contributed by atoms with Crippen LogP contribution in [0.2, 0.25) is 0 Å². The third kappa shape index (κ3) is 3.23. The van der Waals surface area contributed by atoms with Gasteiger partial charge in [-0.1, -0.05) is 15.9 Å². The number of nitrogens with one attached hydrogen (secondary N) is 1. The largest absolute Gasteiger partial charge is 0.497 e. The molecule has 0 atom stereocenters. The van der Waals surface area contributed by atoms with Crippen molar-refractivity contribution in [3.05, 3.63) is 46.7 Å². The van der Waals surface area contributed by atoms with Gasteiger partial charge in [-0.25, -0.2) is 4.79 Å². The Morgan fingerprint density at radius 3 is 2.89 bits per heavy atom. The number of nitrogens with zero attached hydrogens (tertiary/aromatic N) is 1. The van der Waals surface area contributed by atoms with Crippen molar-refractivity contribution in [2.45, 2.75) is 0 Å². The van der Waals surface area contributed by atoms with E-state index in [-0.39, 0.29) is 5.56 Å². The fraction of sp³-hybridized carbons (Fsp3) is 0.0769. The maximum Gasteiger partial charge on any atom is 0.337 e. The highest BCUT2D eigenvalue weighted by atomic mass is 79.9. The second-order valence-corrected chi connectivity index (χ2v) is 4.65. The lowest BCUT2D eigenvalue weighted by atomic mass is 10.2. The molecule has 5 nitrogen and oxygen atoms in total. The molecule has 0 bridgehead atoms. The Bertz CT molecular complexity index is 617. The van der Waals surface area contributed by atoms with E-state index in [0.29, 0.717) is 17.1 Å². The lowest BCUT2D eigenvalue weighted by Gasteiger charge is -2.10. The average molecular weight is 323 g/mol. The molecule has 2 rings (SSSR count). The topological polar surface area (TPSA) is 71.5 Å². The Balaban J connectivity index is 2.36. The molecule has 0 aliphatic rings. The minimum absolute atomic E-state index is 0.161. The number of carboxylic acids is 1. The van der Waals surface area contributed by atoms with Gasteiger partial charge in [-0.15, -0.1) is 0 Å². The van der Waals surface area contributed by atoms with Gasteiger partial charge >= 0.3 is 5.97 Å². The number of rotatable bonds is 4. The molecule has 98 valence electrons. The van der Waals surface area contributed by atoms with E-state index >= 15 is 0 Å². The van der Waals surface area contributed by atoms with Crippen LogP contribution in [0.25, 0.3) is 0 Å². The second kappa shape index (κ2) is 5.71. The lowest BCUT2D eigenvalue weighted by molar-refractivity contribution is 0.0698. The molecule has 0 aliphatic carbocycles. The van der Waals surface area contributed by atoms with Gasteiger partial charge in [-0.05, 0) is 18.2 Å². The first-order valence-electron chi connectivity index (χ1n) is 5.39. The minimum atomic E-state index is -1.01. The zero-order valence-electron chi connectivity index (χ0n) is 10.1. The second-order valence-electron chi connectivity index (χ2n) is 3.73. The van der Waals surface area contributed by atoms with Crippen molar-refractivity contribution >= 4 is 33.3 Å². The van der Waals surface area contributed by atoms with Crippen molar-refractivity contribution in [3.63, 3.8) is 0 Å². The van der Waals surface area contributed by atoms with E-state index < -0.39 is 5.97 Å². The van der Waals surface area contributed by atoms with Gasteiger partial charge < -0.3 is 15.2 Å². The number of carbonyl (C=O) groups is 1. The third-order valence-corrected chi connectivity index (χ3v) is 2.90. The summed E-state index contributed by atoms with van der Waals surface area (Å²) in [6.07, 6.45) is 2.91. The molecule has 19 heavy (non-hydrogen) atoms. The molecule has 0 fully saturated rings. The predicted octanol–water partition coefficient (Wildman–Crippen LogP) is 3.29. The van der Waals surface area contributed by atoms with Crippen LogP contribution in [0.1, 0.15) is 10.4 Å². The molecule has 1 aromatic carbocycles. The summed E-state index contributed by atoms with van der Waals surface area (Å²) in [5.74, 6) is -0.343. The van der Waals surface area contributed by atoms with Gasteiger partial charge in [0.05, 0.1) is 24.6 Å². The summed E-state index contributed by atoms with van der Waals surface area (Å²) in [7, 11) is 1.57. The number of benzene rings is 1. The summed E-state index contributed by atoms with van der Waals surface area (Å²) in [6, 6.07) is 6.84. The number of halogens is 1. The quantitative estimate of drug-likeness (QED) is 0.903. The summed E-state index contributed by atoms with van der Waals surface area (Å²) in [4.78, 5) is 15.0. The third-order valence-electron chi connectivity index (χ3n) is 2.44. The van der Waals surface area contributed by atoms with Gasteiger partial charge in [-0.2, -0.15) is 0 Å². The highest BCUT2D eigenvalue weighted by molar-refractivity contribution is 9.10. The maximum absolute atomic E-state index is 11.1. The van der Waals surface area contributed by atoms with Crippen molar-refractivity contribution in [2.75, 3.05) is 12.4 Å². The number of ether oxygens (including phenoxy) is 1. The van der Waals surface area contributed by atoms with Gasteiger partial charge in [0, 0.05) is 22.4 Å². The fourth-order valence-corrected chi connectivity index (χ4v) is 2.06. The molecule has 0 aliphatic heterocycles. The number of aromatic carboxylic acids is 1. The minimum Gasteiger partial charge on any atom is -0.497 e. The summed E-state index contributed by atoms with van der Waals surface area (Å²) in [6.45, 7) is 0.